The molecular weight excluding hydrogens is 184 g/mol. The third-order valence-corrected chi connectivity index (χ3v) is 4.38. The predicted octanol–water partition coefficient (Wildman–Crippen LogP) is 2.41. The van der Waals surface area contributed by atoms with Gasteiger partial charge in [-0.3, -0.25) is 0 Å². The minimum Gasteiger partial charge on any atom is -0.328 e. The van der Waals surface area contributed by atoms with Crippen LogP contribution in [0.25, 0.3) is 0 Å². The highest BCUT2D eigenvalue weighted by Crippen LogP contribution is 2.36. The Morgan fingerprint density at radius 2 is 1.40 bits per heavy atom. The van der Waals surface area contributed by atoms with Gasteiger partial charge in [0.25, 0.3) is 0 Å². The first kappa shape index (κ1) is 11.4. The van der Waals surface area contributed by atoms with E-state index in [-0.39, 0.29) is 0 Å². The lowest BCUT2D eigenvalue weighted by atomic mass is 9.75. The Balaban J connectivity index is 1.79. The average molecular weight is 210 g/mol. The third-order valence-electron chi connectivity index (χ3n) is 4.38. The Kier molecular flexibility index (Phi) is 4.04. The minimum atomic E-state index is 0.417. The van der Waals surface area contributed by atoms with Gasteiger partial charge in [0.15, 0.2) is 0 Å². The van der Waals surface area contributed by atoms with Crippen LogP contribution in [0.3, 0.4) is 0 Å². The second kappa shape index (κ2) is 5.31. The lowest BCUT2D eigenvalue weighted by Crippen LogP contribution is -2.32. The first-order valence-corrected chi connectivity index (χ1v) is 6.75. The van der Waals surface area contributed by atoms with Crippen LogP contribution in [-0.2, 0) is 0 Å². The molecule has 88 valence electrons. The zero-order chi connectivity index (χ0) is 10.7. The lowest BCUT2D eigenvalue weighted by Gasteiger charge is -2.33. The number of hydrogen-bond donors (Lipinski definition) is 2. The summed E-state index contributed by atoms with van der Waals surface area (Å²) < 4.78 is 0. The van der Waals surface area contributed by atoms with E-state index in [9.17, 15) is 0 Å². The SMILES string of the molecule is NC1CCC(N)CC(CC2CCC2)CC1. The van der Waals surface area contributed by atoms with Crippen LogP contribution in [0.5, 0.6) is 0 Å². The molecule has 0 bridgehead atoms. The van der Waals surface area contributed by atoms with Crippen LogP contribution in [0.1, 0.15) is 57.8 Å². The molecule has 0 amide bonds. The van der Waals surface area contributed by atoms with Crippen molar-refractivity contribution in [3.63, 3.8) is 0 Å². The van der Waals surface area contributed by atoms with Gasteiger partial charge < -0.3 is 11.5 Å². The van der Waals surface area contributed by atoms with Crippen molar-refractivity contribution in [3.8, 4) is 0 Å². The van der Waals surface area contributed by atoms with E-state index in [0.717, 1.165) is 24.7 Å². The molecule has 2 heteroatoms. The van der Waals surface area contributed by atoms with E-state index in [2.05, 4.69) is 0 Å². The molecule has 2 rings (SSSR count). The van der Waals surface area contributed by atoms with Crippen molar-refractivity contribution in [2.24, 2.45) is 23.3 Å². The summed E-state index contributed by atoms with van der Waals surface area (Å²) in [6, 6.07) is 0.835. The average Bonchev–Trinajstić information content (AvgIpc) is 2.14. The van der Waals surface area contributed by atoms with Crippen molar-refractivity contribution in [1.82, 2.24) is 0 Å². The van der Waals surface area contributed by atoms with E-state index in [1.807, 2.05) is 0 Å². The van der Waals surface area contributed by atoms with Gasteiger partial charge in [-0.25, -0.2) is 0 Å². The Labute approximate surface area is 93.8 Å². The van der Waals surface area contributed by atoms with Gasteiger partial charge in [-0.05, 0) is 50.4 Å². The van der Waals surface area contributed by atoms with Gasteiger partial charge in [0, 0.05) is 12.1 Å². The third kappa shape index (κ3) is 3.46. The second-order valence-electron chi connectivity index (χ2n) is 5.81. The van der Waals surface area contributed by atoms with Crippen LogP contribution in [0.15, 0.2) is 0 Å². The molecule has 2 nitrogen and oxygen atoms in total. The monoisotopic (exact) mass is 210 g/mol. The Hall–Kier alpha value is -0.0800. The maximum absolute atomic E-state index is 6.14. The van der Waals surface area contributed by atoms with Gasteiger partial charge in [0.2, 0.25) is 0 Å². The topological polar surface area (TPSA) is 52.0 Å². The van der Waals surface area contributed by atoms with Crippen molar-refractivity contribution in [2.75, 3.05) is 0 Å². The zero-order valence-electron chi connectivity index (χ0n) is 9.83. The van der Waals surface area contributed by atoms with Gasteiger partial charge in [-0.2, -0.15) is 0 Å². The summed E-state index contributed by atoms with van der Waals surface area (Å²) in [5, 5.41) is 0. The van der Waals surface area contributed by atoms with Crippen LogP contribution < -0.4 is 11.5 Å². The van der Waals surface area contributed by atoms with E-state index in [0.29, 0.717) is 12.1 Å². The molecule has 15 heavy (non-hydrogen) atoms. The highest BCUT2D eigenvalue weighted by Gasteiger charge is 2.25. The summed E-state index contributed by atoms with van der Waals surface area (Å²) in [5.74, 6) is 1.90. The standard InChI is InChI=1S/C13H26N2/c14-12-5-4-11(8-10-2-1-3-10)9-13(15)7-6-12/h10-13H,1-9,14-15H2. The van der Waals surface area contributed by atoms with Gasteiger partial charge in [-0.15, -0.1) is 0 Å². The quantitative estimate of drug-likeness (QED) is 0.735. The molecule has 0 aromatic rings. The summed E-state index contributed by atoms with van der Waals surface area (Å²) in [6.45, 7) is 0. The molecule has 3 atom stereocenters. The van der Waals surface area contributed by atoms with Crippen molar-refractivity contribution >= 4 is 0 Å². The highest BCUT2D eigenvalue weighted by atomic mass is 14.7. The Bertz CT molecular complexity index is 187. The smallest absolute Gasteiger partial charge is 0.00420 e. The minimum absolute atomic E-state index is 0.417. The lowest BCUT2D eigenvalue weighted by molar-refractivity contribution is 0.213. The van der Waals surface area contributed by atoms with E-state index < -0.39 is 0 Å². The van der Waals surface area contributed by atoms with Gasteiger partial charge >= 0.3 is 0 Å². The molecule has 4 N–H and O–H groups in total. The molecule has 0 spiro atoms. The van der Waals surface area contributed by atoms with Crippen LogP contribution in [0, 0.1) is 11.8 Å². The molecule has 0 aromatic carbocycles. The van der Waals surface area contributed by atoms with Crippen molar-refractivity contribution < 1.29 is 0 Å². The fraction of sp³-hybridized carbons (Fsp3) is 1.00. The molecule has 0 saturated heterocycles. The van der Waals surface area contributed by atoms with Gasteiger partial charge in [0.1, 0.15) is 0 Å². The predicted molar refractivity (Wildman–Crippen MR) is 64.5 cm³/mol. The maximum Gasteiger partial charge on any atom is 0.00420 e. The van der Waals surface area contributed by atoms with E-state index >= 15 is 0 Å². The van der Waals surface area contributed by atoms with Crippen LogP contribution in [-0.4, -0.2) is 12.1 Å². The van der Waals surface area contributed by atoms with E-state index in [1.54, 1.807) is 0 Å². The molecule has 2 aliphatic rings. The van der Waals surface area contributed by atoms with Crippen molar-refractivity contribution in [2.45, 2.75) is 69.9 Å². The summed E-state index contributed by atoms with van der Waals surface area (Å²) in [7, 11) is 0. The summed E-state index contributed by atoms with van der Waals surface area (Å²) in [6.07, 6.45) is 11.9. The molecule has 2 fully saturated rings. The maximum atomic E-state index is 6.14. The molecular formula is C13H26N2. The van der Waals surface area contributed by atoms with E-state index in [1.165, 1.54) is 44.9 Å². The normalized spacial score (nSPS) is 39.2. The zero-order valence-corrected chi connectivity index (χ0v) is 9.83. The van der Waals surface area contributed by atoms with Crippen molar-refractivity contribution in [1.29, 1.82) is 0 Å². The molecule has 0 heterocycles. The first-order valence-electron chi connectivity index (χ1n) is 6.75. The van der Waals surface area contributed by atoms with Gasteiger partial charge in [0.05, 0.1) is 0 Å². The second-order valence-corrected chi connectivity index (χ2v) is 5.81. The Morgan fingerprint density at radius 3 is 2.07 bits per heavy atom. The van der Waals surface area contributed by atoms with Crippen molar-refractivity contribution in [3.05, 3.63) is 0 Å². The van der Waals surface area contributed by atoms with E-state index in [4.69, 9.17) is 11.5 Å². The fourth-order valence-corrected chi connectivity index (χ4v) is 3.10. The van der Waals surface area contributed by atoms with Crippen LogP contribution in [0.2, 0.25) is 0 Å². The molecule has 0 radical (unpaired) electrons. The molecule has 2 aliphatic carbocycles. The number of rotatable bonds is 2. The molecule has 0 aliphatic heterocycles. The molecule has 0 aromatic heterocycles. The summed E-state index contributed by atoms with van der Waals surface area (Å²) in [4.78, 5) is 0. The number of hydrogen-bond acceptors (Lipinski definition) is 2. The highest BCUT2D eigenvalue weighted by molar-refractivity contribution is 4.80. The van der Waals surface area contributed by atoms with Gasteiger partial charge in [-0.1, -0.05) is 19.3 Å². The van der Waals surface area contributed by atoms with Crippen LogP contribution >= 0.6 is 0 Å². The molecule has 2 saturated carbocycles. The molecule has 3 unspecified atom stereocenters. The first-order chi connectivity index (χ1) is 7.24. The summed E-state index contributed by atoms with van der Waals surface area (Å²) in [5.41, 5.74) is 12.2. The Morgan fingerprint density at radius 1 is 0.733 bits per heavy atom. The largest absolute Gasteiger partial charge is 0.328 e. The fourth-order valence-electron chi connectivity index (χ4n) is 3.10. The number of nitrogens with two attached hydrogens (primary N) is 2. The van der Waals surface area contributed by atoms with Crippen LogP contribution in [0.4, 0.5) is 0 Å². The summed E-state index contributed by atoms with van der Waals surface area (Å²) >= 11 is 0.